The predicted octanol–water partition coefficient (Wildman–Crippen LogP) is 6.36. The highest BCUT2D eigenvalue weighted by molar-refractivity contribution is 8.00. The first kappa shape index (κ1) is 28.1. The summed E-state index contributed by atoms with van der Waals surface area (Å²) in [6.07, 6.45) is 0. The number of nitrogens with one attached hydrogen (secondary N) is 2. The maximum absolute atomic E-state index is 13.4. The number of rotatable bonds is 9. The lowest BCUT2D eigenvalue weighted by Gasteiger charge is -2.17. The number of primary amides is 1. The molecule has 1 atom stereocenters. The number of thioether (sulfide) groups is 1. The van der Waals surface area contributed by atoms with Gasteiger partial charge in [-0.05, 0) is 71.6 Å². The molecule has 0 spiro atoms. The van der Waals surface area contributed by atoms with E-state index in [-0.39, 0.29) is 17.0 Å². The Hall–Kier alpha value is -5.41. The molecule has 0 heterocycles. The van der Waals surface area contributed by atoms with Gasteiger partial charge in [-0.1, -0.05) is 54.6 Å². The maximum Gasteiger partial charge on any atom is 0.336 e. The molecule has 208 valence electrons. The van der Waals surface area contributed by atoms with Crippen LogP contribution in [-0.2, 0) is 4.79 Å². The number of hydrogen-bond acceptors (Lipinski definition) is 5. The van der Waals surface area contributed by atoms with Gasteiger partial charge in [0.1, 0.15) is 5.25 Å². The van der Waals surface area contributed by atoms with Crippen LogP contribution in [0.25, 0.3) is 10.8 Å². The molecular formula is C33H25N3O5S. The van der Waals surface area contributed by atoms with Gasteiger partial charge in [0.05, 0.1) is 5.56 Å². The van der Waals surface area contributed by atoms with E-state index in [0.717, 1.165) is 10.5 Å². The van der Waals surface area contributed by atoms with Crippen molar-refractivity contribution < 1.29 is 24.3 Å². The van der Waals surface area contributed by atoms with Crippen LogP contribution in [0.1, 0.15) is 41.9 Å². The molecule has 3 amide bonds. The molecule has 0 aliphatic carbocycles. The van der Waals surface area contributed by atoms with E-state index in [1.54, 1.807) is 78.9 Å². The van der Waals surface area contributed by atoms with Crippen molar-refractivity contribution in [2.45, 2.75) is 10.1 Å². The molecule has 9 heteroatoms. The molecule has 0 bridgehead atoms. The molecule has 0 aromatic heterocycles. The maximum atomic E-state index is 13.4. The Morgan fingerprint density at radius 3 is 1.88 bits per heavy atom. The van der Waals surface area contributed by atoms with E-state index >= 15 is 0 Å². The number of benzene rings is 5. The zero-order valence-electron chi connectivity index (χ0n) is 22.1. The van der Waals surface area contributed by atoms with Crippen LogP contribution in [0.5, 0.6) is 0 Å². The van der Waals surface area contributed by atoms with Crippen LogP contribution in [0.15, 0.2) is 120 Å². The quantitative estimate of drug-likeness (QED) is 0.151. The third-order valence-electron chi connectivity index (χ3n) is 6.52. The summed E-state index contributed by atoms with van der Waals surface area (Å²) in [6.45, 7) is 0. The van der Waals surface area contributed by atoms with Crippen LogP contribution in [0.3, 0.4) is 0 Å². The number of carbonyl (C=O) groups excluding carboxylic acids is 3. The molecule has 5 rings (SSSR count). The first-order chi connectivity index (χ1) is 20.3. The van der Waals surface area contributed by atoms with E-state index < -0.39 is 23.0 Å². The molecule has 0 saturated heterocycles. The van der Waals surface area contributed by atoms with Crippen molar-refractivity contribution in [1.29, 1.82) is 0 Å². The number of carbonyl (C=O) groups is 4. The third kappa shape index (κ3) is 6.32. The van der Waals surface area contributed by atoms with Crippen molar-refractivity contribution in [3.8, 4) is 0 Å². The van der Waals surface area contributed by atoms with Crippen LogP contribution in [-0.4, -0.2) is 28.8 Å². The highest BCUT2D eigenvalue weighted by Gasteiger charge is 2.23. The minimum atomic E-state index is -1.11. The lowest BCUT2D eigenvalue weighted by molar-refractivity contribution is -0.115. The van der Waals surface area contributed by atoms with Crippen LogP contribution in [0, 0.1) is 0 Å². The van der Waals surface area contributed by atoms with Gasteiger partial charge >= 0.3 is 5.97 Å². The van der Waals surface area contributed by atoms with Crippen LogP contribution >= 0.6 is 11.8 Å². The topological polar surface area (TPSA) is 139 Å². The monoisotopic (exact) mass is 575 g/mol. The Balaban J connectivity index is 1.34. The lowest BCUT2D eigenvalue weighted by atomic mass is 9.98. The predicted molar refractivity (Wildman–Crippen MR) is 164 cm³/mol. The highest BCUT2D eigenvalue weighted by Crippen LogP contribution is 2.37. The van der Waals surface area contributed by atoms with Crippen LogP contribution in [0.2, 0.25) is 0 Å². The standard InChI is InChI=1S/C33H25N3O5S/c34-30(37)22-12-14-23(15-13-22)36-32(39)29(21-6-2-1-3-7-21)42-25-18-16-24(17-19-25)35-31(38)26-10-4-8-20-9-5-11-27(28(20)26)33(40)41/h1-19,29H,(H2,34,37)(H,35,38)(H,36,39)(H,40,41). The molecule has 0 aliphatic heterocycles. The van der Waals surface area contributed by atoms with E-state index in [2.05, 4.69) is 10.6 Å². The van der Waals surface area contributed by atoms with Gasteiger partial charge in [-0.2, -0.15) is 0 Å². The zero-order chi connectivity index (χ0) is 29.6. The van der Waals surface area contributed by atoms with Gasteiger partial charge in [-0.3, -0.25) is 14.4 Å². The number of aromatic carboxylic acids is 1. The molecule has 5 aromatic rings. The second kappa shape index (κ2) is 12.4. The number of carboxylic acid groups (broad SMARTS) is 1. The minimum absolute atomic E-state index is 0.0547. The van der Waals surface area contributed by atoms with Crippen molar-refractivity contribution in [2.75, 3.05) is 10.6 Å². The molecular weight excluding hydrogens is 550 g/mol. The number of carboxylic acids is 1. The fourth-order valence-corrected chi connectivity index (χ4v) is 5.51. The molecule has 5 aromatic carbocycles. The van der Waals surface area contributed by atoms with Crippen LogP contribution < -0.4 is 16.4 Å². The molecule has 0 fully saturated rings. The zero-order valence-corrected chi connectivity index (χ0v) is 22.9. The SMILES string of the molecule is NC(=O)c1ccc(NC(=O)C(Sc2ccc(NC(=O)c3cccc4cccc(C(=O)O)c34)cc2)c2ccccc2)cc1. The van der Waals surface area contributed by atoms with Gasteiger partial charge in [0.2, 0.25) is 11.8 Å². The van der Waals surface area contributed by atoms with Crippen molar-refractivity contribution in [3.63, 3.8) is 0 Å². The van der Waals surface area contributed by atoms with E-state index in [1.807, 2.05) is 30.3 Å². The Kier molecular flexibility index (Phi) is 8.31. The molecule has 0 radical (unpaired) electrons. The average Bonchev–Trinajstić information content (AvgIpc) is 3.00. The van der Waals surface area contributed by atoms with E-state index in [0.29, 0.717) is 27.7 Å². The summed E-state index contributed by atoms with van der Waals surface area (Å²) in [5.74, 6) is -2.34. The molecule has 0 saturated carbocycles. The molecule has 8 nitrogen and oxygen atoms in total. The van der Waals surface area contributed by atoms with E-state index in [9.17, 15) is 24.3 Å². The number of fused-ring (bicyclic) bond motifs is 1. The summed E-state index contributed by atoms with van der Waals surface area (Å²) in [6, 6.07) is 32.7. The summed E-state index contributed by atoms with van der Waals surface area (Å²) in [7, 11) is 0. The largest absolute Gasteiger partial charge is 0.478 e. The fraction of sp³-hybridized carbons (Fsp3) is 0.0303. The van der Waals surface area contributed by atoms with Gasteiger partial charge in [0, 0.05) is 32.8 Å². The van der Waals surface area contributed by atoms with Crippen molar-refractivity contribution in [1.82, 2.24) is 0 Å². The number of hydrogen-bond donors (Lipinski definition) is 4. The van der Waals surface area contributed by atoms with E-state index in [4.69, 9.17) is 5.73 Å². The molecule has 0 aliphatic rings. The smallest absolute Gasteiger partial charge is 0.336 e. The molecule has 5 N–H and O–H groups in total. The van der Waals surface area contributed by atoms with Crippen molar-refractivity contribution >= 4 is 57.6 Å². The van der Waals surface area contributed by atoms with Gasteiger partial charge in [-0.25, -0.2) is 4.79 Å². The van der Waals surface area contributed by atoms with Gasteiger partial charge in [0.25, 0.3) is 5.91 Å². The Labute approximate surface area is 245 Å². The Morgan fingerprint density at radius 2 is 1.26 bits per heavy atom. The summed E-state index contributed by atoms with van der Waals surface area (Å²) in [4.78, 5) is 50.5. The van der Waals surface area contributed by atoms with E-state index in [1.165, 1.54) is 17.8 Å². The minimum Gasteiger partial charge on any atom is -0.478 e. The Morgan fingerprint density at radius 1 is 0.667 bits per heavy atom. The molecule has 1 unspecified atom stereocenters. The number of amides is 3. The summed E-state index contributed by atoms with van der Waals surface area (Å²) in [5, 5.41) is 15.8. The summed E-state index contributed by atoms with van der Waals surface area (Å²) >= 11 is 1.34. The number of nitrogens with two attached hydrogens (primary N) is 1. The van der Waals surface area contributed by atoms with Crippen molar-refractivity contribution in [2.24, 2.45) is 5.73 Å². The lowest BCUT2D eigenvalue weighted by Crippen LogP contribution is -2.19. The highest BCUT2D eigenvalue weighted by atomic mass is 32.2. The summed E-state index contributed by atoms with van der Waals surface area (Å²) in [5.41, 5.74) is 7.82. The first-order valence-electron chi connectivity index (χ1n) is 12.9. The van der Waals surface area contributed by atoms with Gasteiger partial charge < -0.3 is 21.5 Å². The fourth-order valence-electron chi connectivity index (χ4n) is 4.49. The third-order valence-corrected chi connectivity index (χ3v) is 7.79. The molecule has 42 heavy (non-hydrogen) atoms. The number of anilines is 2. The van der Waals surface area contributed by atoms with Crippen LogP contribution in [0.4, 0.5) is 11.4 Å². The van der Waals surface area contributed by atoms with Gasteiger partial charge in [-0.15, -0.1) is 11.8 Å². The second-order valence-corrected chi connectivity index (χ2v) is 10.5. The normalized spacial score (nSPS) is 11.4. The van der Waals surface area contributed by atoms with Gasteiger partial charge in [0.15, 0.2) is 0 Å². The first-order valence-corrected chi connectivity index (χ1v) is 13.8. The average molecular weight is 576 g/mol. The summed E-state index contributed by atoms with van der Waals surface area (Å²) < 4.78 is 0. The second-order valence-electron chi connectivity index (χ2n) is 9.33. The van der Waals surface area contributed by atoms with Crippen molar-refractivity contribution in [3.05, 3.63) is 138 Å². The Bertz CT molecular complexity index is 1780.